The summed E-state index contributed by atoms with van der Waals surface area (Å²) in [6, 6.07) is 30.2. The van der Waals surface area contributed by atoms with E-state index in [9.17, 15) is 4.79 Å². The van der Waals surface area contributed by atoms with Crippen molar-refractivity contribution >= 4 is 17.4 Å². The van der Waals surface area contributed by atoms with Gasteiger partial charge in [-0.3, -0.25) is 9.69 Å². The summed E-state index contributed by atoms with van der Waals surface area (Å²) < 4.78 is 5.21. The minimum Gasteiger partial charge on any atom is -0.497 e. The average molecular weight is 517 g/mol. The first-order chi connectivity index (χ1) is 19.1. The van der Waals surface area contributed by atoms with E-state index in [-0.39, 0.29) is 5.91 Å². The highest BCUT2D eigenvalue weighted by Crippen LogP contribution is 2.24. The molecule has 0 spiro atoms. The number of carbonyl (C=O) groups excluding carboxylic acids is 1. The number of pyridine rings is 1. The molecular formula is C33H32N4O2. The number of hydrogen-bond donors (Lipinski definition) is 2. The van der Waals surface area contributed by atoms with Crippen molar-refractivity contribution < 1.29 is 9.53 Å². The molecule has 1 aliphatic heterocycles. The van der Waals surface area contributed by atoms with Gasteiger partial charge < -0.3 is 15.4 Å². The van der Waals surface area contributed by atoms with E-state index in [4.69, 9.17) is 4.74 Å². The van der Waals surface area contributed by atoms with Gasteiger partial charge in [-0.15, -0.1) is 0 Å². The fraction of sp³-hybridized carbons (Fsp3) is 0.212. The predicted octanol–water partition coefficient (Wildman–Crippen LogP) is 5.82. The average Bonchev–Trinajstić information content (AvgIpc) is 2.99. The van der Waals surface area contributed by atoms with Gasteiger partial charge in [0.25, 0.3) is 0 Å². The van der Waals surface area contributed by atoms with Crippen molar-refractivity contribution in [2.45, 2.75) is 25.4 Å². The first kappa shape index (κ1) is 26.0. The molecule has 5 rings (SSSR count). The Hall–Kier alpha value is -4.60. The number of piperidine rings is 1. The number of hydrogen-bond acceptors (Lipinski definition) is 5. The van der Waals surface area contributed by atoms with Crippen LogP contribution in [0.1, 0.15) is 24.0 Å². The van der Waals surface area contributed by atoms with Gasteiger partial charge in [0.15, 0.2) is 0 Å². The van der Waals surface area contributed by atoms with E-state index in [0.717, 1.165) is 60.7 Å². The van der Waals surface area contributed by atoms with E-state index in [1.807, 2.05) is 85.1 Å². The SMILES string of the molecule is COc1ccc(-c2ccc(NC(=O)C#Cc3ccc(CN4CCC(Nc5ccccn5)CC4)cc3)cc2)cc1. The molecule has 2 heterocycles. The zero-order chi connectivity index (χ0) is 26.9. The summed E-state index contributed by atoms with van der Waals surface area (Å²) in [7, 11) is 1.65. The lowest BCUT2D eigenvalue weighted by Gasteiger charge is -2.32. The number of nitrogens with zero attached hydrogens (tertiary/aromatic N) is 2. The van der Waals surface area contributed by atoms with E-state index in [1.165, 1.54) is 5.56 Å². The van der Waals surface area contributed by atoms with E-state index in [2.05, 4.69) is 44.5 Å². The van der Waals surface area contributed by atoms with Crippen LogP contribution in [0.4, 0.5) is 11.5 Å². The highest BCUT2D eigenvalue weighted by molar-refractivity contribution is 6.04. The fourth-order valence-electron chi connectivity index (χ4n) is 4.67. The van der Waals surface area contributed by atoms with Crippen LogP contribution in [0.5, 0.6) is 5.75 Å². The molecular weight excluding hydrogens is 484 g/mol. The van der Waals surface area contributed by atoms with Crippen LogP contribution < -0.4 is 15.4 Å². The molecule has 2 N–H and O–H groups in total. The molecule has 6 nitrogen and oxygen atoms in total. The number of methoxy groups -OCH3 is 1. The Morgan fingerprint density at radius 1 is 0.923 bits per heavy atom. The maximum absolute atomic E-state index is 12.4. The zero-order valence-corrected chi connectivity index (χ0v) is 22.1. The van der Waals surface area contributed by atoms with Crippen LogP contribution in [0.3, 0.4) is 0 Å². The second kappa shape index (κ2) is 12.8. The number of rotatable bonds is 7. The van der Waals surface area contributed by atoms with Crippen molar-refractivity contribution in [3.8, 4) is 28.7 Å². The van der Waals surface area contributed by atoms with Gasteiger partial charge in [0.1, 0.15) is 11.6 Å². The molecule has 1 aliphatic rings. The van der Waals surface area contributed by atoms with Crippen LogP contribution >= 0.6 is 0 Å². The van der Waals surface area contributed by atoms with Crippen molar-refractivity contribution in [3.05, 3.63) is 108 Å². The van der Waals surface area contributed by atoms with Crippen molar-refractivity contribution in [3.63, 3.8) is 0 Å². The van der Waals surface area contributed by atoms with Gasteiger partial charge in [0.2, 0.25) is 0 Å². The number of aromatic nitrogens is 1. The lowest BCUT2D eigenvalue weighted by Crippen LogP contribution is -2.38. The van der Waals surface area contributed by atoms with Crippen molar-refractivity contribution in [1.82, 2.24) is 9.88 Å². The van der Waals surface area contributed by atoms with Gasteiger partial charge in [-0.1, -0.05) is 48.4 Å². The summed E-state index contributed by atoms with van der Waals surface area (Å²) in [6.45, 7) is 3.01. The van der Waals surface area contributed by atoms with Crippen LogP contribution in [0.2, 0.25) is 0 Å². The van der Waals surface area contributed by atoms with E-state index in [1.54, 1.807) is 7.11 Å². The van der Waals surface area contributed by atoms with E-state index in [0.29, 0.717) is 11.7 Å². The third-order valence-electron chi connectivity index (χ3n) is 6.85. The number of ether oxygens (including phenoxy) is 1. The second-order valence-electron chi connectivity index (χ2n) is 9.62. The summed E-state index contributed by atoms with van der Waals surface area (Å²) in [5.41, 5.74) is 4.92. The van der Waals surface area contributed by atoms with E-state index < -0.39 is 0 Å². The van der Waals surface area contributed by atoms with Gasteiger partial charge in [-0.2, -0.15) is 0 Å². The number of benzene rings is 3. The van der Waals surface area contributed by atoms with Gasteiger partial charge in [0.05, 0.1) is 7.11 Å². The normalized spacial score (nSPS) is 13.7. The zero-order valence-electron chi connectivity index (χ0n) is 22.1. The molecule has 1 saturated heterocycles. The van der Waals surface area contributed by atoms with Crippen LogP contribution in [-0.4, -0.2) is 42.0 Å². The smallest absolute Gasteiger partial charge is 0.300 e. The number of likely N-dealkylation sites (tertiary alicyclic amines) is 1. The minimum atomic E-state index is -0.335. The predicted molar refractivity (Wildman–Crippen MR) is 157 cm³/mol. The lowest BCUT2D eigenvalue weighted by atomic mass is 10.0. The van der Waals surface area contributed by atoms with Crippen molar-refractivity contribution in [2.75, 3.05) is 30.8 Å². The van der Waals surface area contributed by atoms with Crippen LogP contribution in [0.15, 0.2) is 97.2 Å². The van der Waals surface area contributed by atoms with Gasteiger partial charge in [-0.05, 0) is 78.1 Å². The Kier molecular flexibility index (Phi) is 8.52. The first-order valence-electron chi connectivity index (χ1n) is 13.2. The molecule has 196 valence electrons. The molecule has 1 amide bonds. The van der Waals surface area contributed by atoms with Crippen LogP contribution in [-0.2, 0) is 11.3 Å². The number of anilines is 2. The molecule has 4 aromatic rings. The second-order valence-corrected chi connectivity index (χ2v) is 9.62. The monoisotopic (exact) mass is 516 g/mol. The quantitative estimate of drug-likeness (QED) is 0.303. The molecule has 0 bridgehead atoms. The molecule has 6 heteroatoms. The molecule has 0 aliphatic carbocycles. The van der Waals surface area contributed by atoms with Crippen LogP contribution in [0, 0.1) is 11.8 Å². The molecule has 1 aromatic heterocycles. The van der Waals surface area contributed by atoms with Crippen molar-refractivity contribution in [1.29, 1.82) is 0 Å². The molecule has 0 radical (unpaired) electrons. The summed E-state index contributed by atoms with van der Waals surface area (Å²) in [5.74, 6) is 7.10. The Labute approximate surface area is 230 Å². The Balaban J connectivity index is 1.08. The Bertz CT molecular complexity index is 1420. The summed E-state index contributed by atoms with van der Waals surface area (Å²) >= 11 is 0. The summed E-state index contributed by atoms with van der Waals surface area (Å²) in [5, 5.41) is 6.38. The fourth-order valence-corrected chi connectivity index (χ4v) is 4.67. The molecule has 39 heavy (non-hydrogen) atoms. The Morgan fingerprint density at radius 2 is 1.62 bits per heavy atom. The molecule has 3 aromatic carbocycles. The standard InChI is InChI=1S/C33H32N4O2/c1-39-31-16-12-28(13-17-31)27-10-14-29(15-11-27)36-33(38)18-9-25-5-7-26(8-6-25)24-37-22-19-30(20-23-37)35-32-4-2-3-21-34-32/h2-8,10-17,21,30H,19-20,22-24H2,1H3,(H,34,35)(H,36,38). The van der Waals surface area contributed by atoms with Gasteiger partial charge >= 0.3 is 5.91 Å². The third kappa shape index (κ3) is 7.47. The maximum Gasteiger partial charge on any atom is 0.300 e. The number of amides is 1. The molecule has 0 unspecified atom stereocenters. The van der Waals surface area contributed by atoms with E-state index >= 15 is 0 Å². The number of nitrogens with one attached hydrogen (secondary N) is 2. The Morgan fingerprint density at radius 3 is 2.26 bits per heavy atom. The maximum atomic E-state index is 12.4. The third-order valence-corrected chi connectivity index (χ3v) is 6.85. The highest BCUT2D eigenvalue weighted by Gasteiger charge is 2.19. The largest absolute Gasteiger partial charge is 0.497 e. The van der Waals surface area contributed by atoms with Crippen molar-refractivity contribution in [2.24, 2.45) is 0 Å². The van der Waals surface area contributed by atoms with Gasteiger partial charge in [-0.25, -0.2) is 4.98 Å². The highest BCUT2D eigenvalue weighted by atomic mass is 16.5. The topological polar surface area (TPSA) is 66.5 Å². The minimum absolute atomic E-state index is 0.335. The summed E-state index contributed by atoms with van der Waals surface area (Å²) in [4.78, 5) is 19.2. The lowest BCUT2D eigenvalue weighted by molar-refractivity contribution is -0.111. The summed E-state index contributed by atoms with van der Waals surface area (Å²) in [6.07, 6.45) is 4.01. The molecule has 0 atom stereocenters. The molecule has 0 saturated carbocycles. The van der Waals surface area contributed by atoms with Crippen LogP contribution in [0.25, 0.3) is 11.1 Å². The molecule has 1 fully saturated rings. The number of carbonyl (C=O) groups is 1. The van der Waals surface area contributed by atoms with Gasteiger partial charge in [0, 0.05) is 49.0 Å². The first-order valence-corrected chi connectivity index (χ1v) is 13.2.